The number of hydrogen-bond donors (Lipinski definition) is 1. The van der Waals surface area contributed by atoms with Crippen molar-refractivity contribution in [2.45, 2.75) is 6.92 Å². The summed E-state index contributed by atoms with van der Waals surface area (Å²) < 4.78 is 31.9. The Morgan fingerprint density at radius 3 is 2.88 bits per heavy atom. The van der Waals surface area contributed by atoms with Gasteiger partial charge in [-0.15, -0.1) is 4.40 Å². The zero-order chi connectivity index (χ0) is 17.3. The molecule has 0 aromatic heterocycles. The van der Waals surface area contributed by atoms with Crippen LogP contribution in [0.5, 0.6) is 5.75 Å². The molecular weight excluding hydrogens is 330 g/mol. The Hall–Kier alpha value is -2.61. The minimum atomic E-state index is -3.40. The third-order valence-electron chi connectivity index (χ3n) is 3.69. The van der Waals surface area contributed by atoms with Gasteiger partial charge in [-0.25, -0.2) is 8.42 Å². The lowest BCUT2D eigenvalue weighted by Crippen LogP contribution is -2.37. The fourth-order valence-corrected chi connectivity index (χ4v) is 3.42. The quantitative estimate of drug-likeness (QED) is 0.894. The number of anilines is 1. The van der Waals surface area contributed by atoms with Gasteiger partial charge in [0.1, 0.15) is 11.6 Å². The molecule has 3 rings (SSSR count). The number of methoxy groups -OCH3 is 1. The Bertz CT molecular complexity index is 885. The number of fused-ring (bicyclic) bond motifs is 1. The Labute approximate surface area is 140 Å². The Morgan fingerprint density at radius 2 is 2.12 bits per heavy atom. The first-order valence-electron chi connectivity index (χ1n) is 7.33. The van der Waals surface area contributed by atoms with Gasteiger partial charge in [0.25, 0.3) is 15.9 Å². The number of ether oxygens (including phenoxy) is 1. The Kier molecular flexibility index (Phi) is 4.15. The Morgan fingerprint density at radius 1 is 1.33 bits per heavy atom. The second kappa shape index (κ2) is 6.12. The fraction of sp³-hybridized carbons (Fsp3) is 0.250. The molecule has 0 aliphatic carbocycles. The van der Waals surface area contributed by atoms with Crippen LogP contribution in [-0.2, 0) is 14.8 Å². The van der Waals surface area contributed by atoms with Crippen LogP contribution in [0.3, 0.4) is 0 Å². The summed E-state index contributed by atoms with van der Waals surface area (Å²) in [5, 5.41) is 2.82. The normalized spacial score (nSPS) is 18.3. The van der Waals surface area contributed by atoms with E-state index in [0.717, 1.165) is 5.56 Å². The molecule has 1 N–H and O–H groups in total. The van der Waals surface area contributed by atoms with Crippen molar-refractivity contribution in [2.24, 2.45) is 4.40 Å². The predicted octanol–water partition coefficient (Wildman–Crippen LogP) is 1.44. The van der Waals surface area contributed by atoms with E-state index in [2.05, 4.69) is 9.71 Å². The molecule has 24 heavy (non-hydrogen) atoms. The highest BCUT2D eigenvalue weighted by Gasteiger charge is 2.25. The van der Waals surface area contributed by atoms with Crippen LogP contribution >= 0.6 is 0 Å². The summed E-state index contributed by atoms with van der Waals surface area (Å²) in [6.07, 6.45) is 4.68. The maximum Gasteiger partial charge on any atom is 0.257 e. The first-order valence-corrected chi connectivity index (χ1v) is 8.94. The molecule has 1 aromatic rings. The maximum absolute atomic E-state index is 12.5. The van der Waals surface area contributed by atoms with E-state index in [9.17, 15) is 13.2 Å². The largest absolute Gasteiger partial charge is 0.495 e. The van der Waals surface area contributed by atoms with Gasteiger partial charge < -0.3 is 15.0 Å². The first kappa shape index (κ1) is 16.3. The van der Waals surface area contributed by atoms with E-state index in [4.69, 9.17) is 4.74 Å². The maximum atomic E-state index is 12.5. The molecule has 126 valence electrons. The van der Waals surface area contributed by atoms with E-state index in [1.807, 2.05) is 19.1 Å². The van der Waals surface area contributed by atoms with Crippen LogP contribution in [0, 0.1) is 6.92 Å². The van der Waals surface area contributed by atoms with Crippen LogP contribution < -0.4 is 10.1 Å². The summed E-state index contributed by atoms with van der Waals surface area (Å²) in [6, 6.07) is 5.51. The third kappa shape index (κ3) is 3.33. The molecule has 0 saturated heterocycles. The van der Waals surface area contributed by atoms with Crippen LogP contribution in [0.25, 0.3) is 0 Å². The van der Waals surface area contributed by atoms with Crippen molar-refractivity contribution in [1.82, 2.24) is 4.90 Å². The highest BCUT2D eigenvalue weighted by Crippen LogP contribution is 2.26. The molecule has 0 bridgehead atoms. The minimum absolute atomic E-state index is 0.0680. The van der Waals surface area contributed by atoms with Crippen molar-refractivity contribution in [3.63, 3.8) is 0 Å². The van der Waals surface area contributed by atoms with Gasteiger partial charge in [-0.3, -0.25) is 4.79 Å². The van der Waals surface area contributed by atoms with Crippen LogP contribution in [0.15, 0.2) is 46.5 Å². The molecule has 7 nitrogen and oxygen atoms in total. The van der Waals surface area contributed by atoms with Gasteiger partial charge in [0.15, 0.2) is 0 Å². The van der Waals surface area contributed by atoms with Gasteiger partial charge in [-0.05, 0) is 36.8 Å². The summed E-state index contributed by atoms with van der Waals surface area (Å²) in [7, 11) is -1.87. The topological polar surface area (TPSA) is 88.1 Å². The van der Waals surface area contributed by atoms with Gasteiger partial charge >= 0.3 is 0 Å². The van der Waals surface area contributed by atoms with Crippen LogP contribution in [0.4, 0.5) is 5.69 Å². The summed E-state index contributed by atoms with van der Waals surface area (Å²) in [4.78, 5) is 14.1. The van der Waals surface area contributed by atoms with E-state index in [1.165, 1.54) is 13.2 Å². The van der Waals surface area contributed by atoms with Gasteiger partial charge in [0.2, 0.25) is 0 Å². The van der Waals surface area contributed by atoms with Crippen molar-refractivity contribution >= 4 is 27.5 Å². The van der Waals surface area contributed by atoms with E-state index >= 15 is 0 Å². The minimum Gasteiger partial charge on any atom is -0.495 e. The van der Waals surface area contributed by atoms with Crippen molar-refractivity contribution in [2.75, 3.05) is 24.7 Å². The van der Waals surface area contributed by atoms with Gasteiger partial charge in [-0.2, -0.15) is 0 Å². The van der Waals surface area contributed by atoms with E-state index < -0.39 is 10.0 Å². The van der Waals surface area contributed by atoms with Crippen LogP contribution in [0.1, 0.15) is 5.56 Å². The van der Waals surface area contributed by atoms with Crippen molar-refractivity contribution < 1.29 is 17.9 Å². The molecule has 2 heterocycles. The summed E-state index contributed by atoms with van der Waals surface area (Å²) >= 11 is 0. The number of hydrogen-bond acceptors (Lipinski definition) is 5. The summed E-state index contributed by atoms with van der Waals surface area (Å²) in [5.74, 6) is 0.524. The van der Waals surface area contributed by atoms with Crippen LogP contribution in [-0.4, -0.2) is 44.5 Å². The molecule has 0 atom stereocenters. The highest BCUT2D eigenvalue weighted by molar-refractivity contribution is 7.90. The Balaban J connectivity index is 1.82. The molecule has 0 saturated carbocycles. The molecule has 0 fully saturated rings. The number of amidine groups is 1. The van der Waals surface area contributed by atoms with Gasteiger partial charge in [0.05, 0.1) is 24.1 Å². The molecule has 0 unspecified atom stereocenters. The standard InChI is InChI=1S/C16H17N3O4S/c1-11-3-5-14(23-2)13(9-11)17-16(20)12-4-6-15-18-24(21,22)8-7-19(15)10-12/h3-6,9-10H,7-8H2,1-2H3,(H,17,20). The number of nitrogens with zero attached hydrogens (tertiary/aromatic N) is 2. The second-order valence-corrected chi connectivity index (χ2v) is 7.26. The number of carbonyl (C=O) groups excluding carboxylic acids is 1. The van der Waals surface area contributed by atoms with Crippen molar-refractivity contribution in [3.05, 3.63) is 47.7 Å². The third-order valence-corrected chi connectivity index (χ3v) is 4.85. The smallest absolute Gasteiger partial charge is 0.257 e. The zero-order valence-electron chi connectivity index (χ0n) is 13.3. The lowest BCUT2D eigenvalue weighted by Gasteiger charge is -2.27. The van der Waals surface area contributed by atoms with Crippen molar-refractivity contribution in [3.8, 4) is 5.75 Å². The number of rotatable bonds is 3. The summed E-state index contributed by atoms with van der Waals surface area (Å²) in [5.41, 5.74) is 1.99. The van der Waals surface area contributed by atoms with Crippen LogP contribution in [0.2, 0.25) is 0 Å². The second-order valence-electron chi connectivity index (χ2n) is 5.50. The van der Waals surface area contributed by atoms with Gasteiger partial charge in [0, 0.05) is 12.7 Å². The molecule has 8 heteroatoms. The SMILES string of the molecule is COc1ccc(C)cc1NC(=O)C1=CN2CCS(=O)(=O)N=C2C=C1. The fourth-order valence-electron chi connectivity index (χ4n) is 2.45. The number of nitrogens with one attached hydrogen (secondary N) is 1. The average molecular weight is 347 g/mol. The van der Waals surface area contributed by atoms with E-state index in [0.29, 0.717) is 22.8 Å². The number of amides is 1. The van der Waals surface area contributed by atoms with E-state index in [1.54, 1.807) is 23.2 Å². The molecular formula is C16H17N3O4S. The number of carbonyl (C=O) groups is 1. The summed E-state index contributed by atoms with van der Waals surface area (Å²) in [6.45, 7) is 2.20. The lowest BCUT2D eigenvalue weighted by atomic mass is 10.1. The molecule has 0 spiro atoms. The van der Waals surface area contributed by atoms with E-state index in [-0.39, 0.29) is 18.2 Å². The first-order chi connectivity index (χ1) is 11.4. The van der Waals surface area contributed by atoms with Crippen molar-refractivity contribution in [1.29, 1.82) is 0 Å². The zero-order valence-corrected chi connectivity index (χ0v) is 14.1. The number of sulfonamides is 1. The molecule has 2 aliphatic heterocycles. The molecule has 1 amide bonds. The molecule has 2 aliphatic rings. The lowest BCUT2D eigenvalue weighted by molar-refractivity contribution is -0.112. The van der Waals surface area contributed by atoms with Gasteiger partial charge in [-0.1, -0.05) is 6.07 Å². The average Bonchev–Trinajstić information content (AvgIpc) is 2.53. The number of benzene rings is 1. The highest BCUT2D eigenvalue weighted by atomic mass is 32.2. The monoisotopic (exact) mass is 347 g/mol. The number of aryl methyl sites for hydroxylation is 1. The molecule has 0 radical (unpaired) electrons. The molecule has 1 aromatic carbocycles. The predicted molar refractivity (Wildman–Crippen MR) is 91.5 cm³/mol.